The Labute approximate surface area is 61.1 Å². The summed E-state index contributed by atoms with van der Waals surface area (Å²) in [6, 6.07) is 0. The van der Waals surface area contributed by atoms with Gasteiger partial charge in [-0.25, -0.2) is 0 Å². The van der Waals surface area contributed by atoms with Gasteiger partial charge in [0.1, 0.15) is 0 Å². The predicted molar refractivity (Wildman–Crippen MR) is 45.7 cm³/mol. The van der Waals surface area contributed by atoms with Crippen LogP contribution in [-0.4, -0.2) is 0 Å². The molecule has 0 aliphatic heterocycles. The van der Waals surface area contributed by atoms with Crippen molar-refractivity contribution in [3.63, 3.8) is 0 Å². The van der Waals surface area contributed by atoms with Crippen LogP contribution in [-0.2, 0) is 0 Å². The second kappa shape index (κ2) is 6.12. The third kappa shape index (κ3) is 5.88. The smallest absolute Gasteiger partial charge is 0 e. The minimum absolute atomic E-state index is 0. The third-order valence-corrected chi connectivity index (χ3v) is 1.83. The summed E-state index contributed by atoms with van der Waals surface area (Å²) in [6.07, 6.45) is 6.98. The second-order valence-corrected chi connectivity index (χ2v) is 3.04. The van der Waals surface area contributed by atoms with Crippen molar-refractivity contribution >= 4 is 0 Å². The van der Waals surface area contributed by atoms with Crippen molar-refractivity contribution in [2.75, 3.05) is 0 Å². The summed E-state index contributed by atoms with van der Waals surface area (Å²) < 4.78 is 0. The molecule has 1 atom stereocenters. The molecule has 0 aromatic carbocycles. The van der Waals surface area contributed by atoms with Gasteiger partial charge in [-0.3, -0.25) is 0 Å². The molecule has 1 unspecified atom stereocenters. The summed E-state index contributed by atoms with van der Waals surface area (Å²) in [7, 11) is 0. The first-order chi connectivity index (χ1) is 4.31. The summed E-state index contributed by atoms with van der Waals surface area (Å²) in [4.78, 5) is 0. The van der Waals surface area contributed by atoms with Gasteiger partial charge in [-0.15, -0.1) is 0 Å². The molecule has 9 heavy (non-hydrogen) atoms. The molecule has 0 heteroatoms. The Morgan fingerprint density at radius 3 is 2.22 bits per heavy atom. The first-order valence-corrected chi connectivity index (χ1v) is 4.31. The lowest BCUT2D eigenvalue weighted by molar-refractivity contribution is 0.466. The van der Waals surface area contributed by atoms with Crippen LogP contribution in [0.3, 0.4) is 0 Å². The van der Waals surface area contributed by atoms with Crippen LogP contribution in [0, 0.1) is 5.92 Å². The number of hydrogen-bond donors (Lipinski definition) is 0. The van der Waals surface area contributed by atoms with E-state index < -0.39 is 0 Å². The molecule has 0 spiro atoms. The van der Waals surface area contributed by atoms with Crippen LogP contribution in [0.15, 0.2) is 0 Å². The summed E-state index contributed by atoms with van der Waals surface area (Å²) >= 11 is 0. The number of hydrogen-bond acceptors (Lipinski definition) is 0. The highest BCUT2D eigenvalue weighted by Gasteiger charge is 1.97. The molecule has 58 valence electrons. The third-order valence-electron chi connectivity index (χ3n) is 1.83. The monoisotopic (exact) mass is 130 g/mol. The predicted octanol–water partition coefficient (Wildman–Crippen LogP) is 3.86. The number of rotatable bonds is 5. The molecule has 0 bridgehead atoms. The first-order valence-electron chi connectivity index (χ1n) is 4.31. The zero-order valence-electron chi connectivity index (χ0n) is 7.11. The van der Waals surface area contributed by atoms with E-state index in [1.165, 1.54) is 32.1 Å². The fourth-order valence-corrected chi connectivity index (χ4v) is 1.19. The normalized spacial score (nSPS) is 13.7. The fraction of sp³-hybridized carbons (Fsp3) is 1.00. The highest BCUT2D eigenvalue weighted by molar-refractivity contribution is 4.50. The van der Waals surface area contributed by atoms with Crippen LogP contribution in [0.25, 0.3) is 0 Å². The fourth-order valence-electron chi connectivity index (χ4n) is 1.19. The largest absolute Gasteiger partial charge is 0.0654 e. The molecule has 0 amide bonds. The van der Waals surface area contributed by atoms with Gasteiger partial charge in [0.05, 0.1) is 0 Å². The van der Waals surface area contributed by atoms with E-state index in [0.29, 0.717) is 0 Å². The molecule has 0 rings (SSSR count). The standard InChI is InChI=1S/C9H20.H2/c1-4-6-8-9(3)7-5-2;/h9H,4-8H2,1-3H3;1H. The van der Waals surface area contributed by atoms with Crippen LogP contribution in [0.5, 0.6) is 0 Å². The Bertz CT molecular complexity index is 52.7. The van der Waals surface area contributed by atoms with Gasteiger partial charge >= 0.3 is 0 Å². The Hall–Kier alpha value is 0. The van der Waals surface area contributed by atoms with Crippen molar-refractivity contribution in [3.05, 3.63) is 0 Å². The zero-order valence-corrected chi connectivity index (χ0v) is 7.11. The van der Waals surface area contributed by atoms with Gasteiger partial charge in [-0.1, -0.05) is 52.9 Å². The van der Waals surface area contributed by atoms with Crippen molar-refractivity contribution in [2.45, 2.75) is 52.9 Å². The maximum Gasteiger partial charge on any atom is 0 e. The lowest BCUT2D eigenvalue weighted by atomic mass is 10.00. The van der Waals surface area contributed by atoms with E-state index >= 15 is 0 Å². The average Bonchev–Trinajstić information content (AvgIpc) is 1.85. The van der Waals surface area contributed by atoms with Crippen molar-refractivity contribution < 1.29 is 1.43 Å². The summed E-state index contributed by atoms with van der Waals surface area (Å²) in [5.74, 6) is 0.968. The Morgan fingerprint density at radius 1 is 1.11 bits per heavy atom. The van der Waals surface area contributed by atoms with Crippen molar-refractivity contribution in [3.8, 4) is 0 Å². The van der Waals surface area contributed by atoms with E-state index in [-0.39, 0.29) is 1.43 Å². The molecule has 0 radical (unpaired) electrons. The zero-order chi connectivity index (χ0) is 7.11. The summed E-state index contributed by atoms with van der Waals surface area (Å²) in [5, 5.41) is 0. The molecular weight excluding hydrogens is 108 g/mol. The molecule has 0 aliphatic carbocycles. The molecule has 0 aliphatic rings. The maximum absolute atomic E-state index is 2.36. The van der Waals surface area contributed by atoms with Crippen LogP contribution in [0.4, 0.5) is 0 Å². The van der Waals surface area contributed by atoms with Gasteiger partial charge in [0.15, 0.2) is 0 Å². The van der Waals surface area contributed by atoms with Crippen LogP contribution in [0.2, 0.25) is 0 Å². The SMILES string of the molecule is CCCCC(C)CCC.[HH]. The average molecular weight is 130 g/mol. The maximum atomic E-state index is 2.36. The molecule has 0 aromatic rings. The van der Waals surface area contributed by atoms with Gasteiger partial charge in [0.2, 0.25) is 0 Å². The first kappa shape index (κ1) is 9.00. The molecule has 0 heterocycles. The minimum atomic E-state index is 0. The molecule has 0 nitrogen and oxygen atoms in total. The molecular formula is C9H22. The quantitative estimate of drug-likeness (QED) is 0.530. The van der Waals surface area contributed by atoms with Crippen molar-refractivity contribution in [1.29, 1.82) is 0 Å². The van der Waals surface area contributed by atoms with E-state index in [4.69, 9.17) is 0 Å². The van der Waals surface area contributed by atoms with Crippen LogP contribution < -0.4 is 0 Å². The minimum Gasteiger partial charge on any atom is -0.0654 e. The van der Waals surface area contributed by atoms with E-state index in [1.54, 1.807) is 0 Å². The highest BCUT2D eigenvalue weighted by Crippen LogP contribution is 2.12. The van der Waals surface area contributed by atoms with Gasteiger partial charge in [-0.2, -0.15) is 0 Å². The molecule has 0 saturated carbocycles. The van der Waals surface area contributed by atoms with E-state index in [0.717, 1.165) is 5.92 Å². The van der Waals surface area contributed by atoms with Crippen LogP contribution >= 0.6 is 0 Å². The van der Waals surface area contributed by atoms with E-state index in [9.17, 15) is 0 Å². The van der Waals surface area contributed by atoms with Gasteiger partial charge in [0.25, 0.3) is 0 Å². The Balaban J connectivity index is 0. The highest BCUT2D eigenvalue weighted by atomic mass is 14.0. The molecule has 0 aromatic heterocycles. The Morgan fingerprint density at radius 2 is 1.78 bits per heavy atom. The van der Waals surface area contributed by atoms with Gasteiger partial charge < -0.3 is 0 Å². The lowest BCUT2D eigenvalue weighted by Crippen LogP contribution is -1.92. The Kier molecular flexibility index (Phi) is 6.12. The molecule has 0 fully saturated rings. The molecule has 0 N–H and O–H groups in total. The second-order valence-electron chi connectivity index (χ2n) is 3.04. The number of unbranched alkanes of at least 4 members (excludes halogenated alkanes) is 1. The van der Waals surface area contributed by atoms with E-state index in [2.05, 4.69) is 20.8 Å². The lowest BCUT2D eigenvalue weighted by Gasteiger charge is -2.07. The van der Waals surface area contributed by atoms with Crippen LogP contribution in [0.1, 0.15) is 54.3 Å². The molecule has 0 saturated heterocycles. The topological polar surface area (TPSA) is 0 Å². The van der Waals surface area contributed by atoms with Crippen molar-refractivity contribution in [2.24, 2.45) is 5.92 Å². The summed E-state index contributed by atoms with van der Waals surface area (Å²) in [6.45, 7) is 6.89. The van der Waals surface area contributed by atoms with Gasteiger partial charge in [0, 0.05) is 1.43 Å². The van der Waals surface area contributed by atoms with Crippen molar-refractivity contribution in [1.82, 2.24) is 0 Å². The van der Waals surface area contributed by atoms with Gasteiger partial charge in [-0.05, 0) is 5.92 Å². The van der Waals surface area contributed by atoms with E-state index in [1.807, 2.05) is 0 Å². The summed E-state index contributed by atoms with van der Waals surface area (Å²) in [5.41, 5.74) is 0.